The molecule has 0 aliphatic carbocycles. The summed E-state index contributed by atoms with van der Waals surface area (Å²) in [7, 11) is 0. The minimum absolute atomic E-state index is 0.170. The zero-order valence-electron chi connectivity index (χ0n) is 14.4. The molecule has 0 atom stereocenters. The molecule has 4 nitrogen and oxygen atoms in total. The van der Waals surface area contributed by atoms with E-state index in [-0.39, 0.29) is 17.5 Å². The van der Waals surface area contributed by atoms with Crippen LogP contribution in [0.15, 0.2) is 54.2 Å². The van der Waals surface area contributed by atoms with Crippen LogP contribution in [0.4, 0.5) is 0 Å². The van der Waals surface area contributed by atoms with Gasteiger partial charge in [-0.3, -0.25) is 9.59 Å². The number of hydrogen-bond donors (Lipinski definition) is 2. The summed E-state index contributed by atoms with van der Waals surface area (Å²) in [6, 6.07) is 13.5. The Bertz CT molecular complexity index is 784. The van der Waals surface area contributed by atoms with Crippen molar-refractivity contribution < 1.29 is 9.59 Å². The quantitative estimate of drug-likeness (QED) is 0.532. The largest absolute Gasteiger partial charge is 0.351 e. The Labute approximate surface area is 163 Å². The fourth-order valence-electron chi connectivity index (χ4n) is 2.15. The molecule has 136 valence electrons. The number of rotatable bonds is 7. The van der Waals surface area contributed by atoms with E-state index in [2.05, 4.69) is 10.6 Å². The van der Waals surface area contributed by atoms with E-state index in [4.69, 9.17) is 23.2 Å². The Morgan fingerprint density at radius 3 is 2.12 bits per heavy atom. The number of amides is 2. The minimum Gasteiger partial charge on any atom is -0.351 e. The summed E-state index contributed by atoms with van der Waals surface area (Å²) in [4.78, 5) is 24.9. The van der Waals surface area contributed by atoms with E-state index in [1.165, 1.54) is 0 Å². The number of hydrogen-bond acceptors (Lipinski definition) is 2. The van der Waals surface area contributed by atoms with Crippen molar-refractivity contribution in [3.05, 3.63) is 75.4 Å². The third-order valence-electron chi connectivity index (χ3n) is 3.60. The molecule has 0 radical (unpaired) electrons. The first-order chi connectivity index (χ1) is 12.5. The van der Waals surface area contributed by atoms with Crippen LogP contribution >= 0.6 is 23.2 Å². The predicted molar refractivity (Wildman–Crippen MR) is 106 cm³/mol. The maximum atomic E-state index is 12.5. The van der Waals surface area contributed by atoms with Crippen LogP contribution in [0.3, 0.4) is 0 Å². The van der Waals surface area contributed by atoms with E-state index in [1.807, 2.05) is 6.92 Å². The average Bonchev–Trinajstić information content (AvgIpc) is 2.63. The fourth-order valence-corrected chi connectivity index (χ4v) is 2.41. The van der Waals surface area contributed by atoms with E-state index in [0.29, 0.717) is 22.2 Å². The second-order valence-corrected chi connectivity index (χ2v) is 6.55. The van der Waals surface area contributed by atoms with Gasteiger partial charge in [0.2, 0.25) is 0 Å². The minimum atomic E-state index is -0.382. The molecule has 0 saturated carbocycles. The molecule has 2 N–H and O–H groups in total. The van der Waals surface area contributed by atoms with Crippen molar-refractivity contribution in [1.29, 1.82) is 0 Å². The van der Waals surface area contributed by atoms with Crippen LogP contribution in [0, 0.1) is 0 Å². The van der Waals surface area contributed by atoms with Crippen LogP contribution in [-0.4, -0.2) is 18.4 Å². The predicted octanol–water partition coefficient (Wildman–Crippen LogP) is 4.68. The first-order valence-electron chi connectivity index (χ1n) is 8.32. The van der Waals surface area contributed by atoms with Gasteiger partial charge in [-0.15, -0.1) is 0 Å². The Morgan fingerprint density at radius 1 is 0.962 bits per heavy atom. The molecule has 0 heterocycles. The maximum absolute atomic E-state index is 12.5. The highest BCUT2D eigenvalue weighted by Crippen LogP contribution is 2.13. The second-order valence-electron chi connectivity index (χ2n) is 5.68. The molecule has 0 aromatic heterocycles. The first kappa shape index (κ1) is 20.0. The van der Waals surface area contributed by atoms with Crippen LogP contribution in [0.2, 0.25) is 10.0 Å². The molecule has 0 fully saturated rings. The van der Waals surface area contributed by atoms with E-state index in [1.54, 1.807) is 54.6 Å². The first-order valence-corrected chi connectivity index (χ1v) is 9.07. The van der Waals surface area contributed by atoms with Crippen molar-refractivity contribution in [1.82, 2.24) is 10.6 Å². The van der Waals surface area contributed by atoms with Gasteiger partial charge in [0, 0.05) is 22.2 Å². The molecule has 0 aliphatic heterocycles. The molecule has 2 aromatic carbocycles. The molecule has 0 saturated heterocycles. The van der Waals surface area contributed by atoms with Gasteiger partial charge in [-0.2, -0.15) is 0 Å². The molecule has 2 rings (SSSR count). The van der Waals surface area contributed by atoms with Crippen LogP contribution in [0.5, 0.6) is 0 Å². The van der Waals surface area contributed by atoms with Gasteiger partial charge >= 0.3 is 0 Å². The number of halogens is 2. The smallest absolute Gasteiger partial charge is 0.267 e. The lowest BCUT2D eigenvalue weighted by Gasteiger charge is -2.11. The van der Waals surface area contributed by atoms with Crippen LogP contribution in [0.25, 0.3) is 6.08 Å². The highest BCUT2D eigenvalue weighted by atomic mass is 35.5. The SMILES string of the molecule is CCCCNC(=O)/C(=C/c1ccc(Cl)cc1)NC(=O)c1ccc(Cl)cc1. The van der Waals surface area contributed by atoms with Gasteiger partial charge in [0.05, 0.1) is 0 Å². The molecule has 2 aromatic rings. The van der Waals surface area contributed by atoms with Gasteiger partial charge in [-0.1, -0.05) is 48.7 Å². The topological polar surface area (TPSA) is 58.2 Å². The zero-order valence-corrected chi connectivity index (χ0v) is 15.9. The summed E-state index contributed by atoms with van der Waals surface area (Å²) in [6.07, 6.45) is 3.45. The van der Waals surface area contributed by atoms with Gasteiger partial charge in [0.25, 0.3) is 11.8 Å². The van der Waals surface area contributed by atoms with E-state index >= 15 is 0 Å². The normalized spacial score (nSPS) is 11.1. The number of nitrogens with one attached hydrogen (secondary N) is 2. The number of benzene rings is 2. The number of carbonyl (C=O) groups excluding carboxylic acids is 2. The zero-order chi connectivity index (χ0) is 18.9. The summed E-state index contributed by atoms with van der Waals surface area (Å²) in [6.45, 7) is 2.59. The maximum Gasteiger partial charge on any atom is 0.267 e. The third-order valence-corrected chi connectivity index (χ3v) is 4.10. The van der Waals surface area contributed by atoms with Crippen molar-refractivity contribution in [3.8, 4) is 0 Å². The van der Waals surface area contributed by atoms with Crippen molar-refractivity contribution in [2.24, 2.45) is 0 Å². The molecule has 6 heteroatoms. The van der Waals surface area contributed by atoms with Crippen LogP contribution < -0.4 is 10.6 Å². The lowest BCUT2D eigenvalue weighted by molar-refractivity contribution is -0.117. The molecule has 0 spiro atoms. The van der Waals surface area contributed by atoms with Crippen molar-refractivity contribution >= 4 is 41.1 Å². The van der Waals surface area contributed by atoms with E-state index < -0.39 is 0 Å². The third kappa shape index (κ3) is 6.21. The molecule has 0 bridgehead atoms. The van der Waals surface area contributed by atoms with Gasteiger partial charge in [-0.05, 0) is 54.5 Å². The number of carbonyl (C=O) groups is 2. The Morgan fingerprint density at radius 2 is 1.54 bits per heavy atom. The summed E-state index contributed by atoms with van der Waals surface area (Å²) >= 11 is 11.7. The molecular formula is C20H20Cl2N2O2. The number of unbranched alkanes of at least 4 members (excludes halogenated alkanes) is 1. The Hall–Kier alpha value is -2.30. The van der Waals surface area contributed by atoms with Gasteiger partial charge in [0.1, 0.15) is 5.70 Å². The van der Waals surface area contributed by atoms with E-state index in [9.17, 15) is 9.59 Å². The lowest BCUT2D eigenvalue weighted by Crippen LogP contribution is -2.35. The standard InChI is InChI=1S/C20H20Cl2N2O2/c1-2-3-12-23-20(26)18(13-14-4-8-16(21)9-5-14)24-19(25)15-6-10-17(22)11-7-15/h4-11,13H,2-3,12H2,1H3,(H,23,26)(H,24,25)/b18-13-. The van der Waals surface area contributed by atoms with Gasteiger partial charge in [-0.25, -0.2) is 0 Å². The fraction of sp³-hybridized carbons (Fsp3) is 0.200. The molecule has 0 aliphatic rings. The van der Waals surface area contributed by atoms with Crippen molar-refractivity contribution in [2.45, 2.75) is 19.8 Å². The second kappa shape index (κ2) is 10.00. The van der Waals surface area contributed by atoms with E-state index in [0.717, 1.165) is 18.4 Å². The highest BCUT2D eigenvalue weighted by molar-refractivity contribution is 6.31. The summed E-state index contributed by atoms with van der Waals surface area (Å²) in [5.74, 6) is -0.719. The monoisotopic (exact) mass is 390 g/mol. The Balaban J connectivity index is 2.21. The molecule has 0 unspecified atom stereocenters. The molecule has 2 amide bonds. The average molecular weight is 391 g/mol. The summed E-state index contributed by atoms with van der Waals surface area (Å²) < 4.78 is 0. The molecular weight excluding hydrogens is 371 g/mol. The highest BCUT2D eigenvalue weighted by Gasteiger charge is 2.14. The van der Waals surface area contributed by atoms with Crippen molar-refractivity contribution in [3.63, 3.8) is 0 Å². The summed E-state index contributed by atoms with van der Waals surface area (Å²) in [5.41, 5.74) is 1.34. The summed E-state index contributed by atoms with van der Waals surface area (Å²) in [5, 5.41) is 6.62. The van der Waals surface area contributed by atoms with Gasteiger partial charge in [0.15, 0.2) is 0 Å². The Kier molecular flexibility index (Phi) is 7.70. The molecule has 26 heavy (non-hydrogen) atoms. The lowest BCUT2D eigenvalue weighted by atomic mass is 10.1. The van der Waals surface area contributed by atoms with Crippen LogP contribution in [0.1, 0.15) is 35.7 Å². The van der Waals surface area contributed by atoms with Gasteiger partial charge < -0.3 is 10.6 Å². The van der Waals surface area contributed by atoms with Crippen LogP contribution in [-0.2, 0) is 4.79 Å². The van der Waals surface area contributed by atoms with Crippen molar-refractivity contribution in [2.75, 3.05) is 6.54 Å².